The smallest absolute Gasteiger partial charge is 0.388 e. The first-order chi connectivity index (χ1) is 6.09. The maximum absolute atomic E-state index is 11.6. The van der Waals surface area contributed by atoms with Gasteiger partial charge in [-0.05, 0) is 11.6 Å². The Balaban J connectivity index is 2.85. The Labute approximate surface area is 76.5 Å². The number of hydrogen-bond donors (Lipinski definition) is 0. The fourth-order valence-corrected chi connectivity index (χ4v) is 0.682. The molecule has 0 radical (unpaired) electrons. The Hall–Kier alpha value is -1.30. The van der Waals surface area contributed by atoms with Gasteiger partial charge < -0.3 is 4.74 Å². The number of aromatic nitrogens is 2. The zero-order chi connectivity index (χ0) is 9.84. The molecule has 1 rings (SSSR count). The van der Waals surface area contributed by atoms with Crippen LogP contribution in [0, 0.1) is 0 Å². The highest BCUT2D eigenvalue weighted by Gasteiger charge is 2.09. The zero-order valence-electron chi connectivity index (χ0n) is 6.08. The van der Waals surface area contributed by atoms with Crippen LogP contribution in [-0.4, -0.2) is 21.8 Å². The van der Waals surface area contributed by atoms with Crippen molar-refractivity contribution in [2.75, 3.05) is 0 Å². The van der Waals surface area contributed by atoms with Crippen molar-refractivity contribution < 1.29 is 18.3 Å². The molecule has 0 spiro atoms. The lowest BCUT2D eigenvalue weighted by Crippen LogP contribution is -2.06. The van der Waals surface area contributed by atoms with Gasteiger partial charge in [0.05, 0.1) is 12.4 Å². The van der Waals surface area contributed by atoms with Gasteiger partial charge in [-0.2, -0.15) is 8.78 Å². The van der Waals surface area contributed by atoms with Gasteiger partial charge in [-0.3, -0.25) is 9.78 Å². The number of alkyl halides is 2. The second-order valence-corrected chi connectivity index (χ2v) is 2.24. The number of rotatable bonds is 3. The Bertz CT molecular complexity index is 321. The fourth-order valence-electron chi connectivity index (χ4n) is 0.591. The van der Waals surface area contributed by atoms with Gasteiger partial charge in [0.25, 0.3) is 5.24 Å². The van der Waals surface area contributed by atoms with Crippen molar-refractivity contribution in [2.45, 2.75) is 6.61 Å². The highest BCUT2D eigenvalue weighted by Crippen LogP contribution is 2.09. The molecule has 0 saturated carbocycles. The summed E-state index contributed by atoms with van der Waals surface area (Å²) in [5.74, 6) is -0.443. The van der Waals surface area contributed by atoms with E-state index in [9.17, 15) is 13.6 Å². The number of ether oxygens (including phenoxy) is 1. The molecule has 1 heterocycles. The molecule has 0 fully saturated rings. The van der Waals surface area contributed by atoms with Crippen LogP contribution in [-0.2, 0) is 0 Å². The number of carbonyl (C=O) groups is 1. The monoisotopic (exact) mass is 208 g/mol. The molecule has 13 heavy (non-hydrogen) atoms. The van der Waals surface area contributed by atoms with Crippen LogP contribution < -0.4 is 4.74 Å². The predicted octanol–water partition coefficient (Wildman–Crippen LogP) is 1.46. The molecule has 1 aromatic rings. The van der Waals surface area contributed by atoms with Gasteiger partial charge in [-0.15, -0.1) is 0 Å². The molecule has 0 atom stereocenters. The Morgan fingerprint density at radius 3 is 2.77 bits per heavy atom. The molecule has 1 aromatic heterocycles. The highest BCUT2D eigenvalue weighted by atomic mass is 35.5. The van der Waals surface area contributed by atoms with Crippen LogP contribution in [0.5, 0.6) is 5.88 Å². The molecule has 70 valence electrons. The second kappa shape index (κ2) is 4.08. The summed E-state index contributed by atoms with van der Waals surface area (Å²) in [6, 6.07) is 0. The van der Waals surface area contributed by atoms with Gasteiger partial charge in [-0.1, -0.05) is 0 Å². The van der Waals surface area contributed by atoms with E-state index in [-0.39, 0.29) is 5.69 Å². The third kappa shape index (κ3) is 2.90. The Morgan fingerprint density at radius 1 is 1.54 bits per heavy atom. The summed E-state index contributed by atoms with van der Waals surface area (Å²) in [6.07, 6.45) is 2.00. The molecule has 0 aliphatic heterocycles. The SMILES string of the molecule is O=C(Cl)c1cncc(OC(F)F)n1. The lowest BCUT2D eigenvalue weighted by atomic mass is 10.5. The van der Waals surface area contributed by atoms with E-state index in [1.165, 1.54) is 0 Å². The minimum absolute atomic E-state index is 0.236. The predicted molar refractivity (Wildman–Crippen MR) is 38.8 cm³/mol. The number of carbonyl (C=O) groups excluding carboxylic acids is 1. The number of halogens is 3. The van der Waals surface area contributed by atoms with Gasteiger partial charge in [-0.25, -0.2) is 4.98 Å². The van der Waals surface area contributed by atoms with Crippen molar-refractivity contribution in [3.05, 3.63) is 18.1 Å². The van der Waals surface area contributed by atoms with Crippen molar-refractivity contribution in [1.82, 2.24) is 9.97 Å². The van der Waals surface area contributed by atoms with Crippen LogP contribution in [0.25, 0.3) is 0 Å². The summed E-state index contributed by atoms with van der Waals surface area (Å²) < 4.78 is 27.2. The van der Waals surface area contributed by atoms with E-state index in [0.717, 1.165) is 12.4 Å². The van der Waals surface area contributed by atoms with Crippen molar-refractivity contribution in [2.24, 2.45) is 0 Å². The quantitative estimate of drug-likeness (QED) is 0.706. The molecular weight excluding hydrogens is 206 g/mol. The van der Waals surface area contributed by atoms with Gasteiger partial charge >= 0.3 is 6.61 Å². The minimum Gasteiger partial charge on any atom is -0.415 e. The molecule has 0 aliphatic rings. The molecule has 0 N–H and O–H groups in total. The first-order valence-corrected chi connectivity index (χ1v) is 3.44. The molecule has 0 amide bonds. The summed E-state index contributed by atoms with van der Waals surface area (Å²) in [5, 5.41) is -0.882. The highest BCUT2D eigenvalue weighted by molar-refractivity contribution is 6.67. The summed E-state index contributed by atoms with van der Waals surface area (Å²) >= 11 is 5.03. The molecule has 0 bridgehead atoms. The summed E-state index contributed by atoms with van der Waals surface area (Å²) in [7, 11) is 0. The van der Waals surface area contributed by atoms with Gasteiger partial charge in [0.1, 0.15) is 5.69 Å². The van der Waals surface area contributed by atoms with E-state index < -0.39 is 17.7 Å². The van der Waals surface area contributed by atoms with Gasteiger partial charge in [0.2, 0.25) is 5.88 Å². The van der Waals surface area contributed by atoms with Crippen molar-refractivity contribution in [1.29, 1.82) is 0 Å². The first-order valence-electron chi connectivity index (χ1n) is 3.06. The van der Waals surface area contributed by atoms with E-state index in [4.69, 9.17) is 11.6 Å². The van der Waals surface area contributed by atoms with Crippen LogP contribution >= 0.6 is 11.6 Å². The number of nitrogens with zero attached hydrogens (tertiary/aromatic N) is 2. The Morgan fingerprint density at radius 2 is 2.23 bits per heavy atom. The maximum Gasteiger partial charge on any atom is 0.388 e. The standard InChI is InChI=1S/C6H3ClF2N2O2/c7-5(12)3-1-10-2-4(11-3)13-6(8)9/h1-2,6H. The van der Waals surface area contributed by atoms with Gasteiger partial charge in [0, 0.05) is 0 Å². The third-order valence-corrected chi connectivity index (χ3v) is 1.22. The van der Waals surface area contributed by atoms with E-state index >= 15 is 0 Å². The van der Waals surface area contributed by atoms with Crippen LogP contribution in [0.1, 0.15) is 10.5 Å². The first kappa shape index (κ1) is 9.79. The molecule has 0 aromatic carbocycles. The fraction of sp³-hybridized carbons (Fsp3) is 0.167. The van der Waals surface area contributed by atoms with E-state index in [1.54, 1.807) is 0 Å². The number of hydrogen-bond acceptors (Lipinski definition) is 4. The van der Waals surface area contributed by atoms with Crippen molar-refractivity contribution >= 4 is 16.8 Å². The average molecular weight is 209 g/mol. The van der Waals surface area contributed by atoms with Crippen molar-refractivity contribution in [3.63, 3.8) is 0 Å². The summed E-state index contributed by atoms with van der Waals surface area (Å²) in [6.45, 7) is -3.00. The van der Waals surface area contributed by atoms with Crippen molar-refractivity contribution in [3.8, 4) is 5.88 Å². The second-order valence-electron chi connectivity index (χ2n) is 1.89. The van der Waals surface area contributed by atoms with Crippen LogP contribution in [0.2, 0.25) is 0 Å². The maximum atomic E-state index is 11.6. The largest absolute Gasteiger partial charge is 0.415 e. The normalized spacial score (nSPS) is 10.2. The molecule has 7 heteroatoms. The topological polar surface area (TPSA) is 52.1 Å². The van der Waals surface area contributed by atoms with Crippen LogP contribution in [0.15, 0.2) is 12.4 Å². The molecule has 0 unspecified atom stereocenters. The third-order valence-electron chi connectivity index (χ3n) is 1.02. The lowest BCUT2D eigenvalue weighted by molar-refractivity contribution is -0.0531. The molecule has 0 saturated heterocycles. The van der Waals surface area contributed by atoms with Crippen LogP contribution in [0.4, 0.5) is 8.78 Å². The van der Waals surface area contributed by atoms with Crippen LogP contribution in [0.3, 0.4) is 0 Å². The Kier molecular flexibility index (Phi) is 3.07. The molecule has 0 aliphatic carbocycles. The summed E-state index contributed by atoms with van der Waals surface area (Å²) in [5.41, 5.74) is -0.236. The average Bonchev–Trinajstić information content (AvgIpc) is 2.03. The molecule has 4 nitrogen and oxygen atoms in total. The van der Waals surface area contributed by atoms with E-state index in [1.807, 2.05) is 0 Å². The molecular formula is C6H3ClF2N2O2. The van der Waals surface area contributed by atoms with E-state index in [2.05, 4.69) is 14.7 Å². The van der Waals surface area contributed by atoms with E-state index in [0.29, 0.717) is 0 Å². The minimum atomic E-state index is -3.00. The summed E-state index contributed by atoms with van der Waals surface area (Å²) in [4.78, 5) is 17.3. The lowest BCUT2D eigenvalue weighted by Gasteiger charge is -2.01. The van der Waals surface area contributed by atoms with Gasteiger partial charge in [0.15, 0.2) is 0 Å². The zero-order valence-corrected chi connectivity index (χ0v) is 6.83.